The van der Waals surface area contributed by atoms with Gasteiger partial charge in [-0.25, -0.2) is 9.67 Å². The van der Waals surface area contributed by atoms with E-state index in [0.717, 1.165) is 0 Å². The van der Waals surface area contributed by atoms with Crippen LogP contribution in [0, 0.1) is 5.41 Å². The van der Waals surface area contributed by atoms with Gasteiger partial charge in [-0.2, -0.15) is 5.10 Å². The number of hydrogen-bond acceptors (Lipinski definition) is 4. The normalized spacial score (nSPS) is 20.2. The van der Waals surface area contributed by atoms with Crippen LogP contribution in [0.4, 0.5) is 0 Å². The van der Waals surface area contributed by atoms with Crippen LogP contribution in [0.5, 0.6) is 0 Å². The van der Waals surface area contributed by atoms with Gasteiger partial charge in [0.25, 0.3) is 0 Å². The fourth-order valence-corrected chi connectivity index (χ4v) is 2.51. The predicted molar refractivity (Wildman–Crippen MR) is 72.5 cm³/mol. The molecule has 110 valence electrons. The van der Waals surface area contributed by atoms with Gasteiger partial charge in [0.1, 0.15) is 18.2 Å². The first kappa shape index (κ1) is 14.5. The molecule has 0 radical (unpaired) electrons. The van der Waals surface area contributed by atoms with Crippen LogP contribution in [0.2, 0.25) is 0 Å². The van der Waals surface area contributed by atoms with E-state index in [4.69, 9.17) is 0 Å². The summed E-state index contributed by atoms with van der Waals surface area (Å²) in [6.07, 6.45) is 1.47. The molecule has 2 rings (SSSR count). The van der Waals surface area contributed by atoms with Crippen molar-refractivity contribution in [3.8, 4) is 0 Å². The Bertz CT molecular complexity index is 517. The van der Waals surface area contributed by atoms with E-state index in [1.807, 2.05) is 27.7 Å². The molecule has 1 atom stereocenters. The zero-order valence-electron chi connectivity index (χ0n) is 12.4. The zero-order chi connectivity index (χ0) is 14.9. The molecule has 1 fully saturated rings. The van der Waals surface area contributed by atoms with Crippen LogP contribution in [0.15, 0.2) is 6.33 Å². The Morgan fingerprint density at radius 2 is 2.10 bits per heavy atom. The zero-order valence-corrected chi connectivity index (χ0v) is 12.4. The lowest BCUT2D eigenvalue weighted by atomic mass is 9.84. The number of carbonyl (C=O) groups excluding carboxylic acids is 2. The fraction of sp³-hybridized carbons (Fsp3) is 0.692. The monoisotopic (exact) mass is 279 g/mol. The molecule has 0 saturated carbocycles. The number of nitrogens with one attached hydrogen (secondary N) is 1. The van der Waals surface area contributed by atoms with Gasteiger partial charge >= 0.3 is 0 Å². The molecular weight excluding hydrogens is 258 g/mol. The Balaban J connectivity index is 2.30. The van der Waals surface area contributed by atoms with Crippen molar-refractivity contribution in [2.24, 2.45) is 5.41 Å². The molecule has 1 aromatic rings. The highest BCUT2D eigenvalue weighted by molar-refractivity contribution is 5.95. The Morgan fingerprint density at radius 3 is 2.70 bits per heavy atom. The van der Waals surface area contributed by atoms with Crippen LogP contribution in [0.3, 0.4) is 0 Å². The van der Waals surface area contributed by atoms with Gasteiger partial charge in [-0.15, -0.1) is 0 Å². The first-order valence-corrected chi connectivity index (χ1v) is 6.78. The molecular formula is C13H21N5O2. The summed E-state index contributed by atoms with van der Waals surface area (Å²) in [6, 6.07) is -0.495. The fourth-order valence-electron chi connectivity index (χ4n) is 2.51. The van der Waals surface area contributed by atoms with Gasteiger partial charge in [0, 0.05) is 6.54 Å². The van der Waals surface area contributed by atoms with Crippen LogP contribution in [0.1, 0.15) is 33.5 Å². The van der Waals surface area contributed by atoms with Crippen LogP contribution >= 0.6 is 0 Å². The quantitative estimate of drug-likeness (QED) is 0.855. The van der Waals surface area contributed by atoms with Gasteiger partial charge < -0.3 is 10.2 Å². The van der Waals surface area contributed by atoms with Crippen molar-refractivity contribution in [1.29, 1.82) is 0 Å². The number of aryl methyl sites for hydroxylation is 1. The number of carbonyl (C=O) groups is 2. The van der Waals surface area contributed by atoms with E-state index < -0.39 is 6.04 Å². The lowest BCUT2D eigenvalue weighted by molar-refractivity contribution is -0.151. The first-order chi connectivity index (χ1) is 9.34. The highest BCUT2D eigenvalue weighted by Crippen LogP contribution is 2.27. The maximum atomic E-state index is 12.2. The van der Waals surface area contributed by atoms with Crippen molar-refractivity contribution in [2.75, 3.05) is 6.54 Å². The van der Waals surface area contributed by atoms with Crippen molar-refractivity contribution in [3.05, 3.63) is 12.2 Å². The lowest BCUT2D eigenvalue weighted by Crippen LogP contribution is -2.62. The molecule has 2 amide bonds. The molecule has 1 unspecified atom stereocenters. The molecule has 0 spiro atoms. The van der Waals surface area contributed by atoms with Crippen molar-refractivity contribution >= 4 is 11.8 Å². The molecule has 1 aliphatic rings. The Hall–Kier alpha value is -1.92. The van der Waals surface area contributed by atoms with Gasteiger partial charge in [0.2, 0.25) is 11.8 Å². The number of piperazine rings is 1. The summed E-state index contributed by atoms with van der Waals surface area (Å²) in [4.78, 5) is 30.1. The predicted octanol–water partition coefficient (Wildman–Crippen LogP) is 0.171. The average molecular weight is 279 g/mol. The topological polar surface area (TPSA) is 80.1 Å². The summed E-state index contributed by atoms with van der Waals surface area (Å²) >= 11 is 0. The molecule has 1 aliphatic heterocycles. The van der Waals surface area contributed by atoms with Crippen LogP contribution < -0.4 is 5.32 Å². The lowest BCUT2D eigenvalue weighted by Gasteiger charge is -2.41. The SMILES string of the molecule is CCn1ncnc1CN1C(=O)CNC(=O)C1C(C)(C)C. The maximum absolute atomic E-state index is 12.2. The van der Waals surface area contributed by atoms with E-state index in [0.29, 0.717) is 18.9 Å². The van der Waals surface area contributed by atoms with E-state index in [1.54, 1.807) is 9.58 Å². The third-order valence-corrected chi connectivity index (χ3v) is 3.42. The summed E-state index contributed by atoms with van der Waals surface area (Å²) in [5.41, 5.74) is -0.336. The molecule has 1 N–H and O–H groups in total. The number of amides is 2. The molecule has 0 aromatic carbocycles. The molecule has 2 heterocycles. The standard InChI is InChI=1S/C13H21N5O2/c1-5-18-9(15-8-16-18)7-17-10(19)6-14-12(20)11(17)13(2,3)4/h8,11H,5-7H2,1-4H3,(H,14,20). The second kappa shape index (κ2) is 5.22. The minimum atomic E-state index is -0.495. The van der Waals surface area contributed by atoms with Gasteiger partial charge in [0.05, 0.1) is 13.1 Å². The molecule has 1 aromatic heterocycles. The van der Waals surface area contributed by atoms with Crippen molar-refractivity contribution in [2.45, 2.75) is 46.8 Å². The van der Waals surface area contributed by atoms with Crippen molar-refractivity contribution < 1.29 is 9.59 Å². The average Bonchev–Trinajstić information content (AvgIpc) is 2.79. The van der Waals surface area contributed by atoms with Crippen molar-refractivity contribution in [1.82, 2.24) is 25.0 Å². The van der Waals surface area contributed by atoms with E-state index in [-0.39, 0.29) is 23.8 Å². The van der Waals surface area contributed by atoms with Crippen LogP contribution in [-0.4, -0.2) is 44.1 Å². The Kier molecular flexibility index (Phi) is 3.78. The molecule has 7 heteroatoms. The van der Waals surface area contributed by atoms with Crippen molar-refractivity contribution in [3.63, 3.8) is 0 Å². The number of rotatable bonds is 3. The maximum Gasteiger partial charge on any atom is 0.243 e. The van der Waals surface area contributed by atoms with Crippen LogP contribution in [0.25, 0.3) is 0 Å². The van der Waals surface area contributed by atoms with Crippen LogP contribution in [-0.2, 0) is 22.7 Å². The summed E-state index contributed by atoms with van der Waals surface area (Å²) < 4.78 is 1.74. The highest BCUT2D eigenvalue weighted by Gasteiger charge is 2.42. The smallest absolute Gasteiger partial charge is 0.243 e. The van der Waals surface area contributed by atoms with Gasteiger partial charge in [-0.1, -0.05) is 20.8 Å². The van der Waals surface area contributed by atoms with Gasteiger partial charge in [-0.3, -0.25) is 9.59 Å². The van der Waals surface area contributed by atoms with E-state index in [9.17, 15) is 9.59 Å². The second-order valence-electron chi connectivity index (χ2n) is 6.00. The first-order valence-electron chi connectivity index (χ1n) is 6.78. The summed E-state index contributed by atoms with van der Waals surface area (Å²) in [5, 5.41) is 6.75. The summed E-state index contributed by atoms with van der Waals surface area (Å²) in [6.45, 7) is 8.86. The molecule has 0 aliphatic carbocycles. The molecule has 1 saturated heterocycles. The third kappa shape index (κ3) is 2.66. The third-order valence-electron chi connectivity index (χ3n) is 3.42. The van der Waals surface area contributed by atoms with Gasteiger partial charge in [0.15, 0.2) is 0 Å². The minimum absolute atomic E-state index is 0.0473. The Labute approximate surface area is 118 Å². The molecule has 0 bridgehead atoms. The van der Waals surface area contributed by atoms with Gasteiger partial charge in [-0.05, 0) is 12.3 Å². The van der Waals surface area contributed by atoms with E-state index in [2.05, 4.69) is 15.4 Å². The number of aromatic nitrogens is 3. The minimum Gasteiger partial charge on any atom is -0.345 e. The number of nitrogens with zero attached hydrogens (tertiary/aromatic N) is 4. The summed E-state index contributed by atoms with van der Waals surface area (Å²) in [7, 11) is 0. The van der Waals surface area contributed by atoms with E-state index in [1.165, 1.54) is 6.33 Å². The van der Waals surface area contributed by atoms with E-state index >= 15 is 0 Å². The largest absolute Gasteiger partial charge is 0.345 e. The summed E-state index contributed by atoms with van der Waals surface area (Å²) in [5.74, 6) is 0.500. The second-order valence-corrected chi connectivity index (χ2v) is 6.00. The number of hydrogen-bond donors (Lipinski definition) is 1. The molecule has 7 nitrogen and oxygen atoms in total. The Morgan fingerprint density at radius 1 is 1.40 bits per heavy atom. The highest BCUT2D eigenvalue weighted by atomic mass is 16.2. The molecule has 20 heavy (non-hydrogen) atoms.